The fourth-order valence-electron chi connectivity index (χ4n) is 2.69. The van der Waals surface area contributed by atoms with Crippen molar-refractivity contribution >= 4 is 58.3 Å². The van der Waals surface area contributed by atoms with Crippen LogP contribution < -0.4 is 5.32 Å². The second kappa shape index (κ2) is 10.6. The first-order valence-corrected chi connectivity index (χ1v) is 12.1. The van der Waals surface area contributed by atoms with Crippen LogP contribution in [0.15, 0.2) is 41.6 Å². The minimum Gasteiger partial charge on any atom is -0.325 e. The predicted octanol–water partition coefficient (Wildman–Crippen LogP) is 5.90. The van der Waals surface area contributed by atoms with Gasteiger partial charge in [0.15, 0.2) is 5.16 Å². The van der Waals surface area contributed by atoms with Crippen LogP contribution in [-0.2, 0) is 23.3 Å². The number of amides is 1. The minimum atomic E-state index is -0.0648. The van der Waals surface area contributed by atoms with Crippen LogP contribution in [0.3, 0.4) is 0 Å². The maximum atomic E-state index is 12.3. The zero-order valence-electron chi connectivity index (χ0n) is 16.9. The zero-order valence-corrected chi connectivity index (χ0v) is 20.1. The third-order valence-corrected chi connectivity index (χ3v) is 7.22. The number of hydrogen-bond acceptors (Lipinski definition) is 5. The van der Waals surface area contributed by atoms with Crippen molar-refractivity contribution in [1.29, 1.82) is 0 Å². The smallest absolute Gasteiger partial charge is 0.234 e. The molecule has 0 radical (unpaired) electrons. The molecule has 0 saturated heterocycles. The molecule has 0 aliphatic rings. The molecule has 1 aromatic heterocycles. The molecule has 0 atom stereocenters. The maximum Gasteiger partial charge on any atom is 0.234 e. The Labute approximate surface area is 194 Å². The van der Waals surface area contributed by atoms with Gasteiger partial charge in [0.2, 0.25) is 5.91 Å². The number of nitrogens with one attached hydrogen (secondary N) is 1. The first-order chi connectivity index (χ1) is 14.3. The van der Waals surface area contributed by atoms with Crippen LogP contribution >= 0.6 is 46.7 Å². The average Bonchev–Trinajstić information content (AvgIpc) is 3.05. The number of carbonyl (C=O) groups excluding carboxylic acids is 1. The van der Waals surface area contributed by atoms with Crippen LogP contribution in [0.5, 0.6) is 0 Å². The van der Waals surface area contributed by atoms with Crippen molar-refractivity contribution < 1.29 is 4.79 Å². The second-order valence-electron chi connectivity index (χ2n) is 6.77. The summed E-state index contributed by atoms with van der Waals surface area (Å²) in [6.07, 6.45) is 0. The molecular weight excluding hydrogens is 459 g/mol. The minimum absolute atomic E-state index is 0.0648. The van der Waals surface area contributed by atoms with Gasteiger partial charge in [0.05, 0.1) is 11.5 Å². The molecule has 0 aliphatic carbocycles. The van der Waals surface area contributed by atoms with Crippen LogP contribution in [0, 0.1) is 13.8 Å². The molecule has 5 nitrogen and oxygen atoms in total. The summed E-state index contributed by atoms with van der Waals surface area (Å²) in [6, 6.07) is 11.4. The molecule has 0 fully saturated rings. The molecule has 1 heterocycles. The van der Waals surface area contributed by atoms with Crippen LogP contribution in [0.2, 0.25) is 10.0 Å². The van der Waals surface area contributed by atoms with E-state index in [1.54, 1.807) is 17.8 Å². The van der Waals surface area contributed by atoms with E-state index in [0.717, 1.165) is 34.0 Å². The highest BCUT2D eigenvalue weighted by Crippen LogP contribution is 2.27. The number of nitrogens with zero attached hydrogens (tertiary/aromatic N) is 3. The highest BCUT2D eigenvalue weighted by Gasteiger charge is 2.13. The van der Waals surface area contributed by atoms with Crippen molar-refractivity contribution in [3.8, 4) is 0 Å². The molecular formula is C21H22Cl2N4OS2. The zero-order chi connectivity index (χ0) is 21.7. The third-order valence-electron chi connectivity index (χ3n) is 4.64. The number of halogens is 2. The Morgan fingerprint density at radius 2 is 1.93 bits per heavy atom. The Bertz CT molecular complexity index is 1060. The van der Waals surface area contributed by atoms with Crippen LogP contribution in [0.25, 0.3) is 0 Å². The van der Waals surface area contributed by atoms with E-state index in [9.17, 15) is 4.79 Å². The van der Waals surface area contributed by atoms with Crippen molar-refractivity contribution in [3.63, 3.8) is 0 Å². The summed E-state index contributed by atoms with van der Waals surface area (Å²) >= 11 is 15.2. The van der Waals surface area contributed by atoms with E-state index in [4.69, 9.17) is 23.2 Å². The van der Waals surface area contributed by atoms with Crippen LogP contribution in [0.4, 0.5) is 5.69 Å². The van der Waals surface area contributed by atoms with Gasteiger partial charge in [-0.1, -0.05) is 53.2 Å². The molecule has 0 aliphatic heterocycles. The highest BCUT2D eigenvalue weighted by atomic mass is 35.5. The molecule has 0 spiro atoms. The molecule has 30 heavy (non-hydrogen) atoms. The van der Waals surface area contributed by atoms with Gasteiger partial charge in [0.25, 0.3) is 0 Å². The quantitative estimate of drug-likeness (QED) is 0.406. The first-order valence-electron chi connectivity index (χ1n) is 9.24. The lowest BCUT2D eigenvalue weighted by atomic mass is 10.1. The van der Waals surface area contributed by atoms with Gasteiger partial charge in [-0.2, -0.15) is 0 Å². The van der Waals surface area contributed by atoms with Gasteiger partial charge in [0.1, 0.15) is 5.82 Å². The Hall–Kier alpha value is -1.67. The van der Waals surface area contributed by atoms with Gasteiger partial charge >= 0.3 is 0 Å². The van der Waals surface area contributed by atoms with Crippen molar-refractivity contribution in [2.45, 2.75) is 30.5 Å². The molecule has 1 amide bonds. The number of carbonyl (C=O) groups is 1. The summed E-state index contributed by atoms with van der Waals surface area (Å²) in [4.78, 5) is 12.3. The van der Waals surface area contributed by atoms with E-state index < -0.39 is 0 Å². The van der Waals surface area contributed by atoms with E-state index in [1.807, 2.05) is 55.8 Å². The number of aryl methyl sites for hydroxylation is 1. The monoisotopic (exact) mass is 480 g/mol. The maximum absolute atomic E-state index is 12.3. The van der Waals surface area contributed by atoms with Gasteiger partial charge in [-0.3, -0.25) is 4.79 Å². The first kappa shape index (κ1) is 23.0. The SMILES string of the molecule is Cc1cccc(NC(=O)CSc2nnc(CSCc3ccc(Cl)cc3Cl)n2C)c1C. The van der Waals surface area contributed by atoms with E-state index in [-0.39, 0.29) is 11.7 Å². The van der Waals surface area contributed by atoms with Crippen molar-refractivity contribution in [2.75, 3.05) is 11.1 Å². The number of hydrogen-bond donors (Lipinski definition) is 1. The lowest BCUT2D eigenvalue weighted by Crippen LogP contribution is -2.15. The third kappa shape index (κ3) is 5.94. The van der Waals surface area contributed by atoms with Crippen molar-refractivity contribution in [2.24, 2.45) is 7.05 Å². The highest BCUT2D eigenvalue weighted by molar-refractivity contribution is 7.99. The molecule has 0 saturated carbocycles. The Morgan fingerprint density at radius 1 is 1.13 bits per heavy atom. The van der Waals surface area contributed by atoms with E-state index in [0.29, 0.717) is 21.0 Å². The Balaban J connectivity index is 1.51. The Kier molecular flexibility index (Phi) is 8.11. The summed E-state index contributed by atoms with van der Waals surface area (Å²) in [7, 11) is 1.91. The van der Waals surface area contributed by atoms with E-state index in [2.05, 4.69) is 15.5 Å². The van der Waals surface area contributed by atoms with Gasteiger partial charge in [-0.05, 0) is 48.7 Å². The lowest BCUT2D eigenvalue weighted by Gasteiger charge is -2.10. The molecule has 0 unspecified atom stereocenters. The fraction of sp³-hybridized carbons (Fsp3) is 0.286. The van der Waals surface area contributed by atoms with Crippen molar-refractivity contribution in [1.82, 2.24) is 14.8 Å². The number of benzene rings is 2. The van der Waals surface area contributed by atoms with Crippen LogP contribution in [-0.4, -0.2) is 26.4 Å². The number of anilines is 1. The average molecular weight is 481 g/mol. The summed E-state index contributed by atoms with van der Waals surface area (Å²) in [6.45, 7) is 4.03. The summed E-state index contributed by atoms with van der Waals surface area (Å²) in [5.74, 6) is 2.50. The van der Waals surface area contributed by atoms with E-state index >= 15 is 0 Å². The predicted molar refractivity (Wildman–Crippen MR) is 128 cm³/mol. The molecule has 1 N–H and O–H groups in total. The second-order valence-corrected chi connectivity index (χ2v) is 9.54. The topological polar surface area (TPSA) is 59.8 Å². The van der Waals surface area contributed by atoms with E-state index in [1.165, 1.54) is 11.8 Å². The molecule has 3 rings (SSSR count). The van der Waals surface area contributed by atoms with Gasteiger partial charge < -0.3 is 9.88 Å². The number of rotatable bonds is 8. The normalized spacial score (nSPS) is 11.0. The summed E-state index contributed by atoms with van der Waals surface area (Å²) in [5, 5.41) is 13.5. The largest absolute Gasteiger partial charge is 0.325 e. The molecule has 3 aromatic rings. The van der Waals surface area contributed by atoms with Gasteiger partial charge in [-0.25, -0.2) is 0 Å². The fourth-order valence-corrected chi connectivity index (χ4v) is 4.98. The van der Waals surface area contributed by atoms with Gasteiger partial charge in [0, 0.05) is 28.5 Å². The van der Waals surface area contributed by atoms with Crippen LogP contribution in [0.1, 0.15) is 22.5 Å². The number of aromatic nitrogens is 3. The van der Waals surface area contributed by atoms with Crippen molar-refractivity contribution in [3.05, 3.63) is 69.0 Å². The molecule has 2 aromatic carbocycles. The Morgan fingerprint density at radius 3 is 2.70 bits per heavy atom. The standard InChI is InChI=1S/C21H22Cl2N4OS2/c1-13-5-4-6-18(14(13)2)24-20(28)12-30-21-26-25-19(27(21)3)11-29-10-15-7-8-16(22)9-17(15)23/h4-9H,10-12H2,1-3H3,(H,24,28). The summed E-state index contributed by atoms with van der Waals surface area (Å²) in [5.41, 5.74) is 4.10. The number of thioether (sulfide) groups is 2. The summed E-state index contributed by atoms with van der Waals surface area (Å²) < 4.78 is 1.92. The molecule has 9 heteroatoms. The van der Waals surface area contributed by atoms with Gasteiger partial charge in [-0.15, -0.1) is 22.0 Å². The molecule has 0 bridgehead atoms. The molecule has 158 valence electrons. The lowest BCUT2D eigenvalue weighted by molar-refractivity contribution is -0.113.